The van der Waals surface area contributed by atoms with Gasteiger partial charge in [0.2, 0.25) is 5.91 Å². The van der Waals surface area contributed by atoms with E-state index in [-0.39, 0.29) is 24.0 Å². The van der Waals surface area contributed by atoms with E-state index in [0.717, 1.165) is 36.4 Å². The molecule has 2 amide bonds. The van der Waals surface area contributed by atoms with Gasteiger partial charge in [-0.2, -0.15) is 0 Å². The third-order valence-corrected chi connectivity index (χ3v) is 5.66. The van der Waals surface area contributed by atoms with Crippen LogP contribution in [0.25, 0.3) is 0 Å². The van der Waals surface area contributed by atoms with Crippen LogP contribution in [0.1, 0.15) is 49.4 Å². The average molecular weight is 351 g/mol. The lowest BCUT2D eigenvalue weighted by Crippen LogP contribution is -2.46. The Morgan fingerprint density at radius 2 is 2.25 bits per heavy atom. The van der Waals surface area contributed by atoms with Gasteiger partial charge in [0.25, 0.3) is 0 Å². The number of piperidine rings is 1. The highest BCUT2D eigenvalue weighted by Gasteiger charge is 2.37. The van der Waals surface area contributed by atoms with Crippen LogP contribution in [0.4, 0.5) is 4.79 Å². The molecule has 7 heteroatoms. The maximum absolute atomic E-state index is 12.7. The third-order valence-electron chi connectivity index (χ3n) is 4.61. The second-order valence-electron chi connectivity index (χ2n) is 6.63. The molecule has 24 heavy (non-hydrogen) atoms. The van der Waals surface area contributed by atoms with Crippen LogP contribution in [0.3, 0.4) is 0 Å². The van der Waals surface area contributed by atoms with Crippen LogP contribution >= 0.6 is 11.3 Å². The number of likely N-dealkylation sites (tertiary alicyclic amines) is 1. The van der Waals surface area contributed by atoms with Gasteiger partial charge in [-0.15, -0.1) is 11.3 Å². The molecule has 1 aromatic heterocycles. The monoisotopic (exact) mass is 351 g/mol. The van der Waals surface area contributed by atoms with Gasteiger partial charge in [-0.05, 0) is 45.4 Å². The van der Waals surface area contributed by atoms with E-state index in [0.29, 0.717) is 25.6 Å². The minimum atomic E-state index is -0.315. The van der Waals surface area contributed by atoms with E-state index >= 15 is 0 Å². The molecule has 2 fully saturated rings. The molecule has 0 radical (unpaired) electrons. The van der Waals surface area contributed by atoms with Crippen LogP contribution in [0, 0.1) is 18.8 Å². The minimum absolute atomic E-state index is 0.0224. The van der Waals surface area contributed by atoms with Gasteiger partial charge in [-0.3, -0.25) is 4.79 Å². The molecule has 1 aromatic rings. The van der Waals surface area contributed by atoms with Gasteiger partial charge in [-0.1, -0.05) is 0 Å². The number of hydrogen-bond acceptors (Lipinski definition) is 5. The summed E-state index contributed by atoms with van der Waals surface area (Å²) < 4.78 is 5.06. The van der Waals surface area contributed by atoms with Crippen molar-refractivity contribution < 1.29 is 14.3 Å². The van der Waals surface area contributed by atoms with E-state index < -0.39 is 0 Å². The lowest BCUT2D eigenvalue weighted by atomic mass is 9.97. The predicted molar refractivity (Wildman–Crippen MR) is 91.8 cm³/mol. The molecule has 1 aliphatic heterocycles. The Morgan fingerprint density at radius 1 is 1.46 bits per heavy atom. The Morgan fingerprint density at radius 3 is 2.88 bits per heavy atom. The Hall–Kier alpha value is -1.63. The summed E-state index contributed by atoms with van der Waals surface area (Å²) in [6, 6.07) is 0.0224. The molecule has 2 atom stereocenters. The molecule has 132 valence electrons. The Kier molecular flexibility index (Phi) is 5.38. The Bertz CT molecular complexity index is 600. The maximum atomic E-state index is 12.7. The topological polar surface area (TPSA) is 71.5 Å². The molecule has 1 saturated carbocycles. The molecule has 0 bridgehead atoms. The zero-order chi connectivity index (χ0) is 17.1. The fraction of sp³-hybridized carbons (Fsp3) is 0.706. The molecule has 0 spiro atoms. The van der Waals surface area contributed by atoms with Crippen molar-refractivity contribution in [1.29, 1.82) is 0 Å². The summed E-state index contributed by atoms with van der Waals surface area (Å²) in [5.74, 6) is 0.378. The Balaban J connectivity index is 1.61. The molecule has 3 rings (SSSR count). The van der Waals surface area contributed by atoms with E-state index in [4.69, 9.17) is 4.74 Å². The van der Waals surface area contributed by atoms with E-state index in [9.17, 15) is 9.59 Å². The SMILES string of the molecule is CCOC(=O)N1CCC[C@H](C(=O)N[C@H](c2nc(C)cs2)C2CC2)C1. The van der Waals surface area contributed by atoms with Crippen molar-refractivity contribution in [2.75, 3.05) is 19.7 Å². The zero-order valence-corrected chi connectivity index (χ0v) is 15.1. The van der Waals surface area contributed by atoms with Crippen molar-refractivity contribution in [3.8, 4) is 0 Å². The van der Waals surface area contributed by atoms with Crippen molar-refractivity contribution in [2.45, 2.75) is 45.6 Å². The summed E-state index contributed by atoms with van der Waals surface area (Å²) in [7, 11) is 0. The highest BCUT2D eigenvalue weighted by Crippen LogP contribution is 2.42. The summed E-state index contributed by atoms with van der Waals surface area (Å²) in [5, 5.41) is 6.23. The summed E-state index contributed by atoms with van der Waals surface area (Å²) in [4.78, 5) is 30.8. The third kappa shape index (κ3) is 4.06. The molecule has 1 aliphatic carbocycles. The minimum Gasteiger partial charge on any atom is -0.450 e. The first-order valence-electron chi connectivity index (χ1n) is 8.72. The number of aryl methyl sites for hydroxylation is 1. The number of thiazole rings is 1. The first kappa shape index (κ1) is 17.2. The van der Waals surface area contributed by atoms with Crippen LogP contribution in [-0.4, -0.2) is 41.6 Å². The van der Waals surface area contributed by atoms with E-state index in [2.05, 4.69) is 10.3 Å². The van der Waals surface area contributed by atoms with Crippen molar-refractivity contribution in [1.82, 2.24) is 15.2 Å². The highest BCUT2D eigenvalue weighted by molar-refractivity contribution is 7.09. The lowest BCUT2D eigenvalue weighted by Gasteiger charge is -2.32. The van der Waals surface area contributed by atoms with Crippen molar-refractivity contribution in [3.05, 3.63) is 16.1 Å². The molecule has 2 heterocycles. The van der Waals surface area contributed by atoms with Crippen LogP contribution in [0.5, 0.6) is 0 Å². The number of nitrogens with zero attached hydrogens (tertiary/aromatic N) is 2. The lowest BCUT2D eigenvalue weighted by molar-refractivity contribution is -0.127. The molecule has 2 aliphatic rings. The molecule has 1 N–H and O–H groups in total. The van der Waals surface area contributed by atoms with Gasteiger partial charge in [-0.25, -0.2) is 9.78 Å². The molecule has 6 nitrogen and oxygen atoms in total. The number of aromatic nitrogens is 1. The molecular weight excluding hydrogens is 326 g/mol. The van der Waals surface area contributed by atoms with Crippen LogP contribution in [0.15, 0.2) is 5.38 Å². The predicted octanol–water partition coefficient (Wildman–Crippen LogP) is 2.89. The van der Waals surface area contributed by atoms with Gasteiger partial charge in [0.05, 0.1) is 18.6 Å². The summed E-state index contributed by atoms with van der Waals surface area (Å²) in [6.45, 7) is 5.24. The molecule has 0 aromatic carbocycles. The largest absolute Gasteiger partial charge is 0.450 e. The van der Waals surface area contributed by atoms with Gasteiger partial charge in [0.1, 0.15) is 5.01 Å². The molecule has 0 unspecified atom stereocenters. The van der Waals surface area contributed by atoms with Gasteiger partial charge >= 0.3 is 6.09 Å². The van der Waals surface area contributed by atoms with E-state index in [1.54, 1.807) is 23.2 Å². The molecular formula is C17H25N3O3S. The summed E-state index contributed by atoms with van der Waals surface area (Å²) in [5.41, 5.74) is 1.00. The number of ether oxygens (including phenoxy) is 1. The van der Waals surface area contributed by atoms with Crippen LogP contribution in [-0.2, 0) is 9.53 Å². The molecule has 1 saturated heterocycles. The van der Waals surface area contributed by atoms with Gasteiger partial charge in [0.15, 0.2) is 0 Å². The quantitative estimate of drug-likeness (QED) is 0.885. The fourth-order valence-electron chi connectivity index (χ4n) is 3.17. The first-order chi connectivity index (χ1) is 11.6. The number of nitrogens with one attached hydrogen (secondary N) is 1. The fourth-order valence-corrected chi connectivity index (χ4v) is 4.11. The first-order valence-corrected chi connectivity index (χ1v) is 9.60. The van der Waals surface area contributed by atoms with Crippen LogP contribution < -0.4 is 5.32 Å². The van der Waals surface area contributed by atoms with Gasteiger partial charge in [0, 0.05) is 24.2 Å². The van der Waals surface area contributed by atoms with Crippen molar-refractivity contribution in [2.24, 2.45) is 11.8 Å². The zero-order valence-electron chi connectivity index (χ0n) is 14.3. The highest BCUT2D eigenvalue weighted by atomic mass is 32.1. The van der Waals surface area contributed by atoms with E-state index in [1.165, 1.54) is 0 Å². The maximum Gasteiger partial charge on any atom is 0.409 e. The Labute approximate surface area is 146 Å². The number of carbonyl (C=O) groups excluding carboxylic acids is 2. The number of carbonyl (C=O) groups is 2. The summed E-state index contributed by atoms with van der Waals surface area (Å²) in [6.07, 6.45) is 3.62. The van der Waals surface area contributed by atoms with Crippen LogP contribution in [0.2, 0.25) is 0 Å². The van der Waals surface area contributed by atoms with Crippen molar-refractivity contribution in [3.63, 3.8) is 0 Å². The second-order valence-corrected chi connectivity index (χ2v) is 7.52. The van der Waals surface area contributed by atoms with Crippen molar-refractivity contribution >= 4 is 23.3 Å². The van der Waals surface area contributed by atoms with E-state index in [1.807, 2.05) is 12.3 Å². The number of rotatable bonds is 5. The summed E-state index contributed by atoms with van der Waals surface area (Å²) >= 11 is 1.62. The second kappa shape index (κ2) is 7.51. The average Bonchev–Trinajstić information content (AvgIpc) is 3.33. The standard InChI is InChI=1S/C17H25N3O3S/c1-3-23-17(22)20-8-4-5-13(9-20)15(21)19-14(12-6-7-12)16-18-11(2)10-24-16/h10,12-14H,3-9H2,1-2H3,(H,19,21)/t13-,14-/m0/s1. The smallest absolute Gasteiger partial charge is 0.409 e. The number of amides is 2. The van der Waals surface area contributed by atoms with Gasteiger partial charge < -0.3 is 15.0 Å². The number of hydrogen-bond donors (Lipinski definition) is 1. The normalized spacial score (nSPS) is 22.1.